The van der Waals surface area contributed by atoms with Crippen LogP contribution in [0.2, 0.25) is 0 Å². The summed E-state index contributed by atoms with van der Waals surface area (Å²) in [6.45, 7) is 2.37. The second-order valence-corrected chi connectivity index (χ2v) is 13.1. The van der Waals surface area contributed by atoms with Gasteiger partial charge in [-0.15, -0.1) is 0 Å². The van der Waals surface area contributed by atoms with E-state index in [4.69, 9.17) is 33.2 Å². The summed E-state index contributed by atoms with van der Waals surface area (Å²) >= 11 is 0. The zero-order chi connectivity index (χ0) is 36.1. The Morgan fingerprint density at radius 3 is 1.48 bits per heavy atom. The smallest absolute Gasteiger partial charge is 0.305 e. The van der Waals surface area contributed by atoms with Crippen LogP contribution in [0.25, 0.3) is 0 Å². The fraction of sp³-hybridized carbons (Fsp3) is 0.432. The molecule has 0 aliphatic carbocycles. The zero-order valence-electron chi connectivity index (χ0n) is 30.4. The van der Waals surface area contributed by atoms with Gasteiger partial charge in [-0.3, -0.25) is 4.79 Å². The van der Waals surface area contributed by atoms with Crippen LogP contribution in [-0.2, 0) is 64.4 Å². The van der Waals surface area contributed by atoms with Crippen molar-refractivity contribution < 1.29 is 38.0 Å². The fourth-order valence-corrected chi connectivity index (χ4v) is 6.26. The van der Waals surface area contributed by atoms with E-state index in [0.717, 1.165) is 60.8 Å². The molecule has 1 aliphatic rings. The maximum absolute atomic E-state index is 11.4. The average Bonchev–Trinajstić information content (AvgIpc) is 3.20. The van der Waals surface area contributed by atoms with Crippen LogP contribution >= 0.6 is 0 Å². The highest BCUT2D eigenvalue weighted by molar-refractivity contribution is 5.68. The fourth-order valence-electron chi connectivity index (χ4n) is 6.26. The predicted octanol–water partition coefficient (Wildman–Crippen LogP) is 8.60. The van der Waals surface area contributed by atoms with E-state index in [9.17, 15) is 4.79 Å². The van der Waals surface area contributed by atoms with Crippen LogP contribution in [0, 0.1) is 0 Å². The molecule has 5 rings (SSSR count). The first-order valence-corrected chi connectivity index (χ1v) is 18.6. The number of rotatable bonds is 23. The van der Waals surface area contributed by atoms with Crippen LogP contribution < -0.4 is 0 Å². The van der Waals surface area contributed by atoms with Gasteiger partial charge in [-0.1, -0.05) is 147 Å². The molecule has 0 amide bonds. The van der Waals surface area contributed by atoms with Gasteiger partial charge >= 0.3 is 5.97 Å². The minimum Gasteiger partial charge on any atom is -0.469 e. The number of methoxy groups -OCH3 is 1. The van der Waals surface area contributed by atoms with Crippen molar-refractivity contribution in [2.75, 3.05) is 20.3 Å². The average molecular weight is 711 g/mol. The predicted molar refractivity (Wildman–Crippen MR) is 200 cm³/mol. The van der Waals surface area contributed by atoms with Crippen molar-refractivity contribution >= 4 is 5.97 Å². The molecule has 278 valence electrons. The van der Waals surface area contributed by atoms with Crippen molar-refractivity contribution in [3.8, 4) is 0 Å². The van der Waals surface area contributed by atoms with Gasteiger partial charge in [-0.2, -0.15) is 0 Å². The molecule has 1 saturated heterocycles. The molecule has 0 spiro atoms. The maximum Gasteiger partial charge on any atom is 0.305 e. The molecule has 1 heterocycles. The Balaban J connectivity index is 1.32. The lowest BCUT2D eigenvalue weighted by atomic mass is 9.97. The number of carbonyl (C=O) groups excluding carboxylic acids is 1. The molecule has 0 bridgehead atoms. The number of benzene rings is 4. The first-order valence-electron chi connectivity index (χ1n) is 18.6. The second kappa shape index (κ2) is 22.9. The van der Waals surface area contributed by atoms with E-state index in [2.05, 4.69) is 36.4 Å². The van der Waals surface area contributed by atoms with Gasteiger partial charge < -0.3 is 33.2 Å². The standard InChI is InChI=1S/C44H54O8/c1-46-40(45)28-18-4-2-3-5-19-29-48-44-43(51-33-38-26-16-9-17-27-38)42(50-32-37-24-14-8-15-25-37)41(49-31-36-22-12-7-13-23-36)39(52-44)34-47-30-35-20-10-6-11-21-35/h6-17,20-27,39,41-44H,2-5,18-19,28-34H2,1H3/t39-,41+,42+,43-,44-/m1/s1. The van der Waals surface area contributed by atoms with E-state index in [1.54, 1.807) is 0 Å². The van der Waals surface area contributed by atoms with Crippen molar-refractivity contribution in [1.29, 1.82) is 0 Å². The Kier molecular flexibility index (Phi) is 17.3. The highest BCUT2D eigenvalue weighted by atomic mass is 16.7. The third-order valence-electron chi connectivity index (χ3n) is 9.13. The molecular weight excluding hydrogens is 656 g/mol. The number of ether oxygens (including phenoxy) is 7. The lowest BCUT2D eigenvalue weighted by Crippen LogP contribution is -2.61. The topological polar surface area (TPSA) is 81.7 Å². The van der Waals surface area contributed by atoms with E-state index in [1.165, 1.54) is 7.11 Å². The van der Waals surface area contributed by atoms with E-state index >= 15 is 0 Å². The Hall–Kier alpha value is -3.89. The Labute approximate surface area is 309 Å². The van der Waals surface area contributed by atoms with Gasteiger partial charge in [0.2, 0.25) is 0 Å². The lowest BCUT2D eigenvalue weighted by Gasteiger charge is -2.46. The number of unbranched alkanes of at least 4 members (excludes halogenated alkanes) is 5. The second-order valence-electron chi connectivity index (χ2n) is 13.1. The van der Waals surface area contributed by atoms with Crippen molar-refractivity contribution in [1.82, 2.24) is 0 Å². The molecule has 0 unspecified atom stereocenters. The van der Waals surface area contributed by atoms with Crippen LogP contribution in [0.5, 0.6) is 0 Å². The van der Waals surface area contributed by atoms with E-state index < -0.39 is 30.7 Å². The third kappa shape index (κ3) is 13.6. The minimum absolute atomic E-state index is 0.146. The highest BCUT2D eigenvalue weighted by Gasteiger charge is 2.49. The van der Waals surface area contributed by atoms with E-state index in [1.807, 2.05) is 84.9 Å². The molecule has 0 N–H and O–H groups in total. The highest BCUT2D eigenvalue weighted by Crippen LogP contribution is 2.32. The Morgan fingerprint density at radius 2 is 0.962 bits per heavy atom. The molecule has 1 aliphatic heterocycles. The normalized spacial score (nSPS) is 20.1. The molecule has 1 fully saturated rings. The first-order chi connectivity index (χ1) is 25.7. The zero-order valence-corrected chi connectivity index (χ0v) is 30.4. The van der Waals surface area contributed by atoms with Gasteiger partial charge in [0.05, 0.1) is 40.1 Å². The SMILES string of the molecule is COC(=O)CCCCCCCCO[C@@H]1O[C@H](COCc2ccccc2)[C@H](OCc2ccccc2)[C@H](OCc2ccccc2)[C@H]1OCc1ccccc1. The van der Waals surface area contributed by atoms with E-state index in [-0.39, 0.29) is 12.6 Å². The summed E-state index contributed by atoms with van der Waals surface area (Å²) in [7, 11) is 1.44. The molecule has 52 heavy (non-hydrogen) atoms. The van der Waals surface area contributed by atoms with E-state index in [0.29, 0.717) is 39.5 Å². The van der Waals surface area contributed by atoms with Crippen molar-refractivity contribution in [3.05, 3.63) is 144 Å². The maximum atomic E-state index is 11.4. The van der Waals surface area contributed by atoms with Crippen molar-refractivity contribution in [3.63, 3.8) is 0 Å². The molecule has 4 aromatic carbocycles. The van der Waals surface area contributed by atoms with Crippen LogP contribution in [0.15, 0.2) is 121 Å². The van der Waals surface area contributed by atoms with Gasteiger partial charge in [0.15, 0.2) is 6.29 Å². The van der Waals surface area contributed by atoms with Crippen LogP contribution in [0.4, 0.5) is 0 Å². The summed E-state index contributed by atoms with van der Waals surface area (Å²) in [4.78, 5) is 11.4. The summed E-state index contributed by atoms with van der Waals surface area (Å²) in [5.74, 6) is -0.146. The van der Waals surface area contributed by atoms with Gasteiger partial charge in [-0.05, 0) is 35.1 Å². The molecule has 8 heteroatoms. The number of carbonyl (C=O) groups is 1. The Morgan fingerprint density at radius 1 is 0.519 bits per heavy atom. The van der Waals surface area contributed by atoms with Gasteiger partial charge in [0, 0.05) is 13.0 Å². The third-order valence-corrected chi connectivity index (χ3v) is 9.13. The van der Waals surface area contributed by atoms with Crippen molar-refractivity contribution in [2.45, 2.75) is 102 Å². The Bertz CT molecular complexity index is 1500. The molecular formula is C44H54O8. The minimum atomic E-state index is -0.702. The largest absolute Gasteiger partial charge is 0.469 e. The summed E-state index contributed by atoms with van der Waals surface area (Å²) in [6.07, 6.45) is 3.57. The first kappa shape index (κ1) is 39.3. The summed E-state index contributed by atoms with van der Waals surface area (Å²) in [5.41, 5.74) is 4.24. The molecule has 0 radical (unpaired) electrons. The quantitative estimate of drug-likeness (QED) is 0.0560. The molecule has 4 aromatic rings. The summed E-state index contributed by atoms with van der Waals surface area (Å²) in [6, 6.07) is 40.5. The van der Waals surface area contributed by atoms with Gasteiger partial charge in [-0.25, -0.2) is 0 Å². The lowest BCUT2D eigenvalue weighted by molar-refractivity contribution is -0.328. The molecule has 5 atom stereocenters. The van der Waals surface area contributed by atoms with Crippen LogP contribution in [-0.4, -0.2) is 57.0 Å². The van der Waals surface area contributed by atoms with Gasteiger partial charge in [0.1, 0.15) is 24.4 Å². The monoisotopic (exact) mass is 710 g/mol. The van der Waals surface area contributed by atoms with Crippen molar-refractivity contribution in [2.24, 2.45) is 0 Å². The van der Waals surface area contributed by atoms with Gasteiger partial charge in [0.25, 0.3) is 0 Å². The molecule has 0 saturated carbocycles. The number of hydrogen-bond acceptors (Lipinski definition) is 8. The summed E-state index contributed by atoms with van der Waals surface area (Å²) < 4.78 is 44.6. The number of hydrogen-bond donors (Lipinski definition) is 0. The van der Waals surface area contributed by atoms with Crippen LogP contribution in [0.3, 0.4) is 0 Å². The summed E-state index contributed by atoms with van der Waals surface area (Å²) in [5, 5.41) is 0. The molecule has 8 nitrogen and oxygen atoms in total. The van der Waals surface area contributed by atoms with Crippen LogP contribution in [0.1, 0.15) is 67.2 Å². The number of esters is 1. The molecule has 0 aromatic heterocycles.